The van der Waals surface area contributed by atoms with Crippen LogP contribution in [0.4, 0.5) is 11.4 Å². The molecule has 0 saturated carbocycles. The highest BCUT2D eigenvalue weighted by molar-refractivity contribution is 7.80. The van der Waals surface area contributed by atoms with Crippen LogP contribution in [-0.4, -0.2) is 15.9 Å². The Bertz CT molecular complexity index is 529. The molecule has 19 heavy (non-hydrogen) atoms. The maximum absolute atomic E-state index is 11.4. The van der Waals surface area contributed by atoms with Gasteiger partial charge >= 0.3 is 0 Å². The highest BCUT2D eigenvalue weighted by Crippen LogP contribution is 2.25. The Kier molecular flexibility index (Phi) is 4.94. The normalized spacial score (nSPS) is 10.1. The van der Waals surface area contributed by atoms with Gasteiger partial charge < -0.3 is 10.6 Å². The zero-order valence-electron chi connectivity index (χ0n) is 10.9. The fourth-order valence-electron chi connectivity index (χ4n) is 1.31. The third kappa shape index (κ3) is 4.29. The highest BCUT2D eigenvalue weighted by atomic mass is 32.1. The Balaban J connectivity index is 2.85. The van der Waals surface area contributed by atoms with E-state index < -0.39 is 4.92 Å². The van der Waals surface area contributed by atoms with Gasteiger partial charge in [-0.3, -0.25) is 14.9 Å². The Hall–Kier alpha value is -2.02. The van der Waals surface area contributed by atoms with E-state index in [1.165, 1.54) is 6.07 Å². The second-order valence-corrected chi connectivity index (χ2v) is 4.78. The molecule has 0 unspecified atom stereocenters. The lowest BCUT2D eigenvalue weighted by Crippen LogP contribution is -2.36. The maximum atomic E-state index is 11.4. The van der Waals surface area contributed by atoms with Gasteiger partial charge in [-0.25, -0.2) is 0 Å². The first kappa shape index (κ1) is 15.0. The molecule has 1 amide bonds. The SMILES string of the molecule is Cc1ccc(NC(=S)NC(=O)C(C)C)c([N+](=O)[O-])c1. The number of hydrogen-bond donors (Lipinski definition) is 2. The van der Waals surface area contributed by atoms with E-state index in [4.69, 9.17) is 12.2 Å². The van der Waals surface area contributed by atoms with E-state index in [2.05, 4.69) is 10.6 Å². The molecule has 0 radical (unpaired) electrons. The highest BCUT2D eigenvalue weighted by Gasteiger charge is 2.16. The van der Waals surface area contributed by atoms with Gasteiger partial charge in [-0.05, 0) is 30.8 Å². The number of carbonyl (C=O) groups excluding carboxylic acids is 1. The molecule has 0 bridgehead atoms. The number of aryl methyl sites for hydroxylation is 1. The third-order valence-corrected chi connectivity index (χ3v) is 2.56. The Morgan fingerprint density at radius 2 is 2.05 bits per heavy atom. The molecule has 0 aliphatic rings. The van der Waals surface area contributed by atoms with Gasteiger partial charge in [0.05, 0.1) is 4.92 Å². The molecule has 1 aromatic rings. The van der Waals surface area contributed by atoms with Crippen molar-refractivity contribution in [3.05, 3.63) is 33.9 Å². The molecule has 0 spiro atoms. The monoisotopic (exact) mass is 281 g/mol. The van der Waals surface area contributed by atoms with Crippen LogP contribution in [0.2, 0.25) is 0 Å². The van der Waals surface area contributed by atoms with Crippen LogP contribution in [0.25, 0.3) is 0 Å². The number of nitrogens with zero attached hydrogens (tertiary/aromatic N) is 1. The minimum Gasteiger partial charge on any atom is -0.327 e. The number of amides is 1. The van der Waals surface area contributed by atoms with Crippen molar-refractivity contribution in [1.82, 2.24) is 5.32 Å². The van der Waals surface area contributed by atoms with E-state index in [-0.39, 0.29) is 28.3 Å². The van der Waals surface area contributed by atoms with Gasteiger partial charge in [-0.15, -0.1) is 0 Å². The smallest absolute Gasteiger partial charge is 0.292 e. The first-order chi connectivity index (χ1) is 8.81. The van der Waals surface area contributed by atoms with Gasteiger partial charge in [0.15, 0.2) is 5.11 Å². The molecular weight excluding hydrogens is 266 g/mol. The van der Waals surface area contributed by atoms with E-state index in [1.807, 2.05) is 0 Å². The molecule has 1 aromatic carbocycles. The van der Waals surface area contributed by atoms with E-state index in [0.717, 1.165) is 5.56 Å². The summed E-state index contributed by atoms with van der Waals surface area (Å²) in [6.07, 6.45) is 0. The number of hydrogen-bond acceptors (Lipinski definition) is 4. The fraction of sp³-hybridized carbons (Fsp3) is 0.333. The van der Waals surface area contributed by atoms with E-state index in [9.17, 15) is 14.9 Å². The largest absolute Gasteiger partial charge is 0.327 e. The van der Waals surface area contributed by atoms with Gasteiger partial charge in [0.2, 0.25) is 5.91 Å². The lowest BCUT2D eigenvalue weighted by Gasteiger charge is -2.11. The number of anilines is 1. The third-order valence-electron chi connectivity index (χ3n) is 2.36. The van der Waals surface area contributed by atoms with Crippen LogP contribution < -0.4 is 10.6 Å². The van der Waals surface area contributed by atoms with Gasteiger partial charge in [0, 0.05) is 12.0 Å². The number of nitro benzene ring substituents is 1. The van der Waals surface area contributed by atoms with Crippen molar-refractivity contribution in [2.75, 3.05) is 5.32 Å². The van der Waals surface area contributed by atoms with Crippen molar-refractivity contribution in [3.8, 4) is 0 Å². The van der Waals surface area contributed by atoms with Crippen LogP contribution in [0.5, 0.6) is 0 Å². The Morgan fingerprint density at radius 1 is 1.42 bits per heavy atom. The number of rotatable bonds is 3. The molecule has 0 atom stereocenters. The summed E-state index contributed by atoms with van der Waals surface area (Å²) in [5, 5.41) is 16.1. The lowest BCUT2D eigenvalue weighted by atomic mass is 10.2. The van der Waals surface area contributed by atoms with Crippen molar-refractivity contribution >= 4 is 34.6 Å². The Morgan fingerprint density at radius 3 is 2.58 bits per heavy atom. The summed E-state index contributed by atoms with van der Waals surface area (Å²) in [6.45, 7) is 5.22. The fourth-order valence-corrected chi connectivity index (χ4v) is 1.52. The van der Waals surface area contributed by atoms with Gasteiger partial charge in [-0.1, -0.05) is 19.9 Å². The zero-order valence-corrected chi connectivity index (χ0v) is 11.7. The van der Waals surface area contributed by atoms with E-state index in [1.54, 1.807) is 32.9 Å². The van der Waals surface area contributed by atoms with Gasteiger partial charge in [-0.2, -0.15) is 0 Å². The molecule has 0 aliphatic carbocycles. The summed E-state index contributed by atoms with van der Waals surface area (Å²) >= 11 is 4.94. The second kappa shape index (κ2) is 6.24. The summed E-state index contributed by atoms with van der Waals surface area (Å²) in [6, 6.07) is 4.72. The van der Waals surface area contributed by atoms with Gasteiger partial charge in [0.1, 0.15) is 5.69 Å². The molecule has 0 aliphatic heterocycles. The molecule has 102 valence electrons. The average molecular weight is 281 g/mol. The van der Waals surface area contributed by atoms with Crippen molar-refractivity contribution in [2.24, 2.45) is 5.92 Å². The zero-order chi connectivity index (χ0) is 14.6. The molecular formula is C12H15N3O3S. The molecule has 0 saturated heterocycles. The van der Waals surface area contributed by atoms with Crippen LogP contribution in [-0.2, 0) is 4.79 Å². The first-order valence-electron chi connectivity index (χ1n) is 5.68. The van der Waals surface area contributed by atoms with Crippen molar-refractivity contribution < 1.29 is 9.72 Å². The molecule has 2 N–H and O–H groups in total. The second-order valence-electron chi connectivity index (χ2n) is 4.38. The Labute approximate surface area is 116 Å². The predicted molar refractivity (Wildman–Crippen MR) is 77.0 cm³/mol. The van der Waals surface area contributed by atoms with Crippen LogP contribution in [0, 0.1) is 23.0 Å². The first-order valence-corrected chi connectivity index (χ1v) is 6.09. The predicted octanol–water partition coefficient (Wildman–Crippen LogP) is 2.37. The standard InChI is InChI=1S/C12H15N3O3S/c1-7(2)11(16)14-12(19)13-9-5-4-8(3)6-10(9)15(17)18/h4-7H,1-3H3,(H2,13,14,16,19). The van der Waals surface area contributed by atoms with Crippen molar-refractivity contribution in [2.45, 2.75) is 20.8 Å². The van der Waals surface area contributed by atoms with Crippen LogP contribution in [0.3, 0.4) is 0 Å². The summed E-state index contributed by atoms with van der Waals surface area (Å²) in [7, 11) is 0. The topological polar surface area (TPSA) is 84.3 Å². The summed E-state index contributed by atoms with van der Waals surface area (Å²) in [4.78, 5) is 21.9. The number of nitro groups is 1. The molecule has 7 heteroatoms. The summed E-state index contributed by atoms with van der Waals surface area (Å²) < 4.78 is 0. The maximum Gasteiger partial charge on any atom is 0.292 e. The minimum atomic E-state index is -0.498. The van der Waals surface area contributed by atoms with Crippen LogP contribution in [0.15, 0.2) is 18.2 Å². The van der Waals surface area contributed by atoms with Gasteiger partial charge in [0.25, 0.3) is 5.69 Å². The molecule has 0 heterocycles. The molecule has 0 fully saturated rings. The minimum absolute atomic E-state index is 0.0469. The van der Waals surface area contributed by atoms with Crippen molar-refractivity contribution in [1.29, 1.82) is 0 Å². The lowest BCUT2D eigenvalue weighted by molar-refractivity contribution is -0.383. The van der Waals surface area contributed by atoms with Crippen LogP contribution >= 0.6 is 12.2 Å². The number of thiocarbonyl (C=S) groups is 1. The van der Waals surface area contributed by atoms with E-state index >= 15 is 0 Å². The summed E-state index contributed by atoms with van der Waals surface area (Å²) in [5.74, 6) is -0.458. The van der Waals surface area contributed by atoms with Crippen molar-refractivity contribution in [3.63, 3.8) is 0 Å². The van der Waals surface area contributed by atoms with E-state index in [0.29, 0.717) is 0 Å². The van der Waals surface area contributed by atoms with Crippen LogP contribution in [0.1, 0.15) is 19.4 Å². The molecule has 0 aromatic heterocycles. The number of nitrogens with one attached hydrogen (secondary N) is 2. The average Bonchev–Trinajstić information content (AvgIpc) is 2.30. The summed E-state index contributed by atoms with van der Waals surface area (Å²) in [5.41, 5.74) is 0.945. The molecule has 1 rings (SSSR count). The number of carbonyl (C=O) groups is 1. The number of benzene rings is 1. The quantitative estimate of drug-likeness (QED) is 0.505. The molecule has 6 nitrogen and oxygen atoms in total.